The summed E-state index contributed by atoms with van der Waals surface area (Å²) in [6.45, 7) is 1.28. The van der Waals surface area contributed by atoms with E-state index in [1.807, 2.05) is 0 Å². The van der Waals surface area contributed by atoms with Crippen LogP contribution in [0.25, 0.3) is 0 Å². The molecule has 0 aliphatic carbocycles. The van der Waals surface area contributed by atoms with Crippen LogP contribution < -0.4 is 0 Å². The Kier molecular flexibility index (Phi) is 4.86. The van der Waals surface area contributed by atoms with Gasteiger partial charge in [0.05, 0.1) is 11.1 Å². The Morgan fingerprint density at radius 1 is 1.00 bits per heavy atom. The van der Waals surface area contributed by atoms with Crippen molar-refractivity contribution in [2.24, 2.45) is 0 Å². The molecule has 1 N–H and O–H groups in total. The molecule has 18 heavy (non-hydrogen) atoms. The summed E-state index contributed by atoms with van der Waals surface area (Å²) in [5.41, 5.74) is 0.895. The van der Waals surface area contributed by atoms with Crippen molar-refractivity contribution in [1.29, 1.82) is 0 Å². The van der Waals surface area contributed by atoms with Crippen LogP contribution in [-0.4, -0.2) is 36.2 Å². The molecule has 0 unspecified atom stereocenters. The second kappa shape index (κ2) is 6.39. The Hall–Kier alpha value is -2.37. The number of rotatable bonds is 0. The topological polar surface area (TPSA) is 89.9 Å². The lowest BCUT2D eigenvalue weighted by atomic mass is 10.1. The molecule has 0 aromatic heterocycles. The number of hydrogen-bond donors (Lipinski definition) is 1. The van der Waals surface area contributed by atoms with E-state index in [2.05, 4.69) is 0 Å². The first-order valence-corrected chi connectivity index (χ1v) is 5.14. The van der Waals surface area contributed by atoms with Crippen molar-refractivity contribution < 1.29 is 29.0 Å². The standard InChI is InChI=1S/C10H8O4.C2H4O2/c11-9-7-1-2-8(4-3-7)10(12)14-6-5-13-9;1-2(3)4/h1-4H,5-6H2;1H3,(H,3,4). The van der Waals surface area contributed by atoms with Gasteiger partial charge in [-0.15, -0.1) is 0 Å². The van der Waals surface area contributed by atoms with Gasteiger partial charge in [-0.05, 0) is 24.3 Å². The highest BCUT2D eigenvalue weighted by molar-refractivity contribution is 5.93. The minimum absolute atomic E-state index is 0.100. The fourth-order valence-electron chi connectivity index (χ4n) is 1.18. The van der Waals surface area contributed by atoms with Crippen LogP contribution >= 0.6 is 0 Å². The summed E-state index contributed by atoms with van der Waals surface area (Å²) < 4.78 is 9.66. The number of fused-ring (bicyclic) bond motifs is 7. The van der Waals surface area contributed by atoms with E-state index < -0.39 is 17.9 Å². The highest BCUT2D eigenvalue weighted by Gasteiger charge is 2.13. The number of carboxylic acids is 1. The van der Waals surface area contributed by atoms with E-state index in [0.717, 1.165) is 6.92 Å². The van der Waals surface area contributed by atoms with Crippen molar-refractivity contribution in [1.82, 2.24) is 0 Å². The molecule has 2 aliphatic heterocycles. The van der Waals surface area contributed by atoms with E-state index in [4.69, 9.17) is 19.4 Å². The Morgan fingerprint density at radius 3 is 1.56 bits per heavy atom. The summed E-state index contributed by atoms with van der Waals surface area (Å²) in [5, 5.41) is 7.42. The van der Waals surface area contributed by atoms with Gasteiger partial charge >= 0.3 is 11.9 Å². The number of aliphatic carboxylic acids is 1. The monoisotopic (exact) mass is 252 g/mol. The number of benzene rings is 1. The summed E-state index contributed by atoms with van der Waals surface area (Å²) in [6, 6.07) is 6.18. The van der Waals surface area contributed by atoms with Gasteiger partial charge < -0.3 is 14.6 Å². The van der Waals surface area contributed by atoms with Gasteiger partial charge in [0, 0.05) is 6.92 Å². The van der Waals surface area contributed by atoms with Crippen LogP contribution in [0.5, 0.6) is 0 Å². The molecule has 0 radical (unpaired) electrons. The quantitative estimate of drug-likeness (QED) is 0.695. The van der Waals surface area contributed by atoms with Crippen LogP contribution in [0.15, 0.2) is 24.3 Å². The fourth-order valence-corrected chi connectivity index (χ4v) is 1.18. The number of carbonyl (C=O) groups excluding carboxylic acids is 2. The van der Waals surface area contributed by atoms with Crippen molar-refractivity contribution in [3.63, 3.8) is 0 Å². The van der Waals surface area contributed by atoms with Gasteiger partial charge in [0.2, 0.25) is 0 Å². The summed E-state index contributed by atoms with van der Waals surface area (Å²) in [7, 11) is 0. The SMILES string of the molecule is CC(=O)O.O=C1OCCOC(=O)c2ccc1cc2. The molecule has 6 heteroatoms. The Labute approximate surface area is 103 Å². The third-order valence-electron chi connectivity index (χ3n) is 1.91. The zero-order valence-electron chi connectivity index (χ0n) is 9.71. The maximum absolute atomic E-state index is 11.3. The average molecular weight is 252 g/mol. The van der Waals surface area contributed by atoms with Gasteiger partial charge in [-0.2, -0.15) is 0 Å². The molecule has 0 atom stereocenters. The van der Waals surface area contributed by atoms with Crippen molar-refractivity contribution >= 4 is 17.9 Å². The van der Waals surface area contributed by atoms with Gasteiger partial charge in [-0.1, -0.05) is 0 Å². The maximum atomic E-state index is 11.3. The number of ether oxygens (including phenoxy) is 2. The van der Waals surface area contributed by atoms with Crippen molar-refractivity contribution in [2.45, 2.75) is 6.92 Å². The predicted molar refractivity (Wildman–Crippen MR) is 60.3 cm³/mol. The summed E-state index contributed by atoms with van der Waals surface area (Å²) >= 11 is 0. The summed E-state index contributed by atoms with van der Waals surface area (Å²) in [4.78, 5) is 31.5. The first kappa shape index (κ1) is 13.7. The average Bonchev–Trinajstić information content (AvgIpc) is 2.33. The normalized spacial score (nSPS) is 13.8. The van der Waals surface area contributed by atoms with Crippen LogP contribution in [0.3, 0.4) is 0 Å². The lowest BCUT2D eigenvalue weighted by molar-refractivity contribution is -0.134. The van der Waals surface area contributed by atoms with Crippen LogP contribution in [0.4, 0.5) is 0 Å². The molecule has 0 spiro atoms. The van der Waals surface area contributed by atoms with E-state index in [1.54, 1.807) is 24.3 Å². The van der Waals surface area contributed by atoms with Crippen LogP contribution in [0.2, 0.25) is 0 Å². The van der Waals surface area contributed by atoms with Crippen molar-refractivity contribution in [3.8, 4) is 0 Å². The van der Waals surface area contributed by atoms with E-state index in [9.17, 15) is 9.59 Å². The molecule has 1 aromatic rings. The molecule has 1 aromatic carbocycles. The Bertz CT molecular complexity index is 407. The maximum Gasteiger partial charge on any atom is 0.338 e. The molecule has 2 aliphatic rings. The van der Waals surface area contributed by atoms with Gasteiger partial charge in [0.1, 0.15) is 13.2 Å². The number of carboxylic acid groups (broad SMARTS) is 1. The van der Waals surface area contributed by atoms with Crippen LogP contribution in [-0.2, 0) is 14.3 Å². The predicted octanol–water partition coefficient (Wildman–Crippen LogP) is 1.10. The lowest BCUT2D eigenvalue weighted by Crippen LogP contribution is -2.16. The third-order valence-corrected chi connectivity index (χ3v) is 1.91. The Morgan fingerprint density at radius 2 is 1.28 bits per heavy atom. The molecule has 0 amide bonds. The van der Waals surface area contributed by atoms with Crippen LogP contribution in [0.1, 0.15) is 27.6 Å². The Balaban J connectivity index is 0.000000357. The molecule has 6 nitrogen and oxygen atoms in total. The molecule has 0 saturated carbocycles. The summed E-state index contributed by atoms with van der Waals surface area (Å²) in [5.74, 6) is -1.62. The highest BCUT2D eigenvalue weighted by Crippen LogP contribution is 2.09. The minimum Gasteiger partial charge on any atom is -0.481 e. The minimum atomic E-state index is -0.833. The number of carbonyl (C=O) groups is 3. The molecule has 2 bridgehead atoms. The molecule has 96 valence electrons. The first-order chi connectivity index (χ1) is 8.50. The first-order valence-electron chi connectivity index (χ1n) is 5.14. The largest absolute Gasteiger partial charge is 0.481 e. The smallest absolute Gasteiger partial charge is 0.338 e. The van der Waals surface area contributed by atoms with Gasteiger partial charge in [0.25, 0.3) is 5.97 Å². The molecule has 3 rings (SSSR count). The molecule has 2 heterocycles. The fraction of sp³-hybridized carbons (Fsp3) is 0.250. The molecule has 0 saturated heterocycles. The zero-order chi connectivity index (χ0) is 13.5. The van der Waals surface area contributed by atoms with E-state index in [-0.39, 0.29) is 13.2 Å². The highest BCUT2D eigenvalue weighted by atomic mass is 16.6. The number of hydrogen-bond acceptors (Lipinski definition) is 5. The molecular formula is C12H12O6. The van der Waals surface area contributed by atoms with E-state index >= 15 is 0 Å². The van der Waals surface area contributed by atoms with Crippen LogP contribution in [0, 0.1) is 0 Å². The van der Waals surface area contributed by atoms with Gasteiger partial charge in [-0.25, -0.2) is 9.59 Å². The second-order valence-corrected chi connectivity index (χ2v) is 3.37. The third kappa shape index (κ3) is 4.25. The van der Waals surface area contributed by atoms with E-state index in [1.165, 1.54) is 0 Å². The van der Waals surface area contributed by atoms with Crippen molar-refractivity contribution in [3.05, 3.63) is 35.4 Å². The number of esters is 2. The second-order valence-electron chi connectivity index (χ2n) is 3.37. The summed E-state index contributed by atoms with van der Waals surface area (Å²) in [6.07, 6.45) is 0. The van der Waals surface area contributed by atoms with E-state index in [0.29, 0.717) is 11.1 Å². The molecular weight excluding hydrogens is 240 g/mol. The lowest BCUT2D eigenvalue weighted by Gasteiger charge is -2.09. The zero-order valence-corrected chi connectivity index (χ0v) is 9.71. The van der Waals surface area contributed by atoms with Crippen molar-refractivity contribution in [2.75, 3.05) is 13.2 Å². The van der Waals surface area contributed by atoms with Gasteiger partial charge in [0.15, 0.2) is 0 Å². The molecule has 0 fully saturated rings. The van der Waals surface area contributed by atoms with Gasteiger partial charge in [-0.3, -0.25) is 4.79 Å².